The number of rotatable bonds is 6. The predicted octanol–water partition coefficient (Wildman–Crippen LogP) is 4.34. The molecule has 1 aromatic rings. The Labute approximate surface area is 141 Å². The molecule has 1 aliphatic rings. The van der Waals surface area contributed by atoms with Crippen LogP contribution in [0.25, 0.3) is 0 Å². The standard InChI is InChI=1S/C11H23N.C7H8O3S/c1-3-5-6-7-11-9-8-10(4-2)12-11;1-6-2-4-7(5-3-6)11(8,9)10/h10-12H,3-9H2,1-2H3;2-5H,1H3,(H,8,9,10). The van der Waals surface area contributed by atoms with Crippen molar-refractivity contribution in [2.24, 2.45) is 0 Å². The molecule has 2 N–H and O–H groups in total. The van der Waals surface area contributed by atoms with Crippen molar-refractivity contribution in [3.63, 3.8) is 0 Å². The Morgan fingerprint density at radius 3 is 2.17 bits per heavy atom. The van der Waals surface area contributed by atoms with Gasteiger partial charge in [0, 0.05) is 12.1 Å². The number of unbranched alkanes of at least 4 members (excludes halogenated alkanes) is 2. The average molecular weight is 342 g/mol. The highest BCUT2D eigenvalue weighted by Gasteiger charge is 2.20. The maximum atomic E-state index is 10.5. The molecule has 0 saturated carbocycles. The molecule has 0 radical (unpaired) electrons. The third kappa shape index (κ3) is 7.95. The van der Waals surface area contributed by atoms with Crippen molar-refractivity contribution in [3.8, 4) is 0 Å². The summed E-state index contributed by atoms with van der Waals surface area (Å²) in [6.45, 7) is 6.40. The Morgan fingerprint density at radius 2 is 1.70 bits per heavy atom. The van der Waals surface area contributed by atoms with E-state index >= 15 is 0 Å². The fourth-order valence-electron chi connectivity index (χ4n) is 2.80. The minimum absolute atomic E-state index is 0.0666. The zero-order chi connectivity index (χ0) is 17.3. The summed E-state index contributed by atoms with van der Waals surface area (Å²) in [4.78, 5) is -0.0666. The number of hydrogen-bond acceptors (Lipinski definition) is 3. The SMILES string of the molecule is CCCCCC1CCC(CC)N1.Cc1ccc(S(=O)(=O)O)cc1. The van der Waals surface area contributed by atoms with Crippen LogP contribution in [-0.4, -0.2) is 25.1 Å². The summed E-state index contributed by atoms with van der Waals surface area (Å²) < 4.78 is 29.6. The van der Waals surface area contributed by atoms with Crippen molar-refractivity contribution in [2.45, 2.75) is 82.7 Å². The summed E-state index contributed by atoms with van der Waals surface area (Å²) in [6.07, 6.45) is 9.73. The summed E-state index contributed by atoms with van der Waals surface area (Å²) in [6, 6.07) is 7.67. The lowest BCUT2D eigenvalue weighted by Gasteiger charge is -2.12. The summed E-state index contributed by atoms with van der Waals surface area (Å²) in [5.41, 5.74) is 0.956. The van der Waals surface area contributed by atoms with Gasteiger partial charge in [-0.3, -0.25) is 4.55 Å². The molecule has 5 heteroatoms. The van der Waals surface area contributed by atoms with Crippen molar-refractivity contribution in [1.82, 2.24) is 5.32 Å². The van der Waals surface area contributed by atoms with Gasteiger partial charge < -0.3 is 5.32 Å². The second-order valence-electron chi connectivity index (χ2n) is 6.33. The molecule has 0 aliphatic carbocycles. The molecular weight excluding hydrogens is 310 g/mol. The second kappa shape index (κ2) is 10.1. The van der Waals surface area contributed by atoms with Crippen molar-refractivity contribution in [1.29, 1.82) is 0 Å². The zero-order valence-corrected chi connectivity index (χ0v) is 15.4. The topological polar surface area (TPSA) is 66.4 Å². The lowest BCUT2D eigenvalue weighted by molar-refractivity contribution is 0.482. The van der Waals surface area contributed by atoms with Crippen molar-refractivity contribution in [3.05, 3.63) is 29.8 Å². The van der Waals surface area contributed by atoms with E-state index in [2.05, 4.69) is 19.2 Å². The van der Waals surface area contributed by atoms with Crippen LogP contribution in [0.4, 0.5) is 0 Å². The van der Waals surface area contributed by atoms with E-state index in [1.807, 2.05) is 6.92 Å². The van der Waals surface area contributed by atoms with E-state index in [0.717, 1.165) is 17.6 Å². The van der Waals surface area contributed by atoms with Gasteiger partial charge in [-0.1, -0.05) is 50.8 Å². The van der Waals surface area contributed by atoms with E-state index in [4.69, 9.17) is 4.55 Å². The maximum Gasteiger partial charge on any atom is 0.294 e. The molecule has 0 bridgehead atoms. The van der Waals surface area contributed by atoms with Crippen LogP contribution in [0.2, 0.25) is 0 Å². The quantitative estimate of drug-likeness (QED) is 0.597. The smallest absolute Gasteiger partial charge is 0.294 e. The largest absolute Gasteiger partial charge is 0.311 e. The maximum absolute atomic E-state index is 10.5. The van der Waals surface area contributed by atoms with E-state index in [0.29, 0.717) is 0 Å². The first-order chi connectivity index (χ1) is 10.9. The Morgan fingerprint density at radius 1 is 1.09 bits per heavy atom. The Kier molecular flexibility index (Phi) is 8.81. The summed E-state index contributed by atoms with van der Waals surface area (Å²) in [5, 5.41) is 3.70. The van der Waals surface area contributed by atoms with E-state index < -0.39 is 10.1 Å². The van der Waals surface area contributed by atoms with Gasteiger partial charge in [0.15, 0.2) is 0 Å². The molecule has 1 saturated heterocycles. The van der Waals surface area contributed by atoms with Crippen molar-refractivity contribution in [2.75, 3.05) is 0 Å². The molecule has 23 heavy (non-hydrogen) atoms. The summed E-state index contributed by atoms with van der Waals surface area (Å²) in [5.74, 6) is 0. The van der Waals surface area contributed by atoms with Crippen molar-refractivity contribution >= 4 is 10.1 Å². The molecule has 1 aromatic carbocycles. The second-order valence-corrected chi connectivity index (χ2v) is 7.75. The van der Waals surface area contributed by atoms with Crippen LogP contribution in [0.5, 0.6) is 0 Å². The van der Waals surface area contributed by atoms with E-state index in [1.54, 1.807) is 12.1 Å². The van der Waals surface area contributed by atoms with Gasteiger partial charge in [-0.05, 0) is 44.7 Å². The fraction of sp³-hybridized carbons (Fsp3) is 0.667. The van der Waals surface area contributed by atoms with Crippen LogP contribution in [0.15, 0.2) is 29.2 Å². The Balaban J connectivity index is 0.000000231. The van der Waals surface area contributed by atoms with E-state index in [-0.39, 0.29) is 4.90 Å². The average Bonchev–Trinajstić information content (AvgIpc) is 2.96. The normalized spacial score (nSPS) is 20.9. The van der Waals surface area contributed by atoms with Crippen LogP contribution in [0.3, 0.4) is 0 Å². The van der Waals surface area contributed by atoms with Crippen LogP contribution in [-0.2, 0) is 10.1 Å². The Bertz CT molecular complexity index is 540. The highest BCUT2D eigenvalue weighted by Crippen LogP contribution is 2.18. The number of benzene rings is 1. The molecular formula is C18H31NO3S. The van der Waals surface area contributed by atoms with Gasteiger partial charge in [0.25, 0.3) is 10.1 Å². The van der Waals surface area contributed by atoms with Gasteiger partial charge >= 0.3 is 0 Å². The predicted molar refractivity (Wildman–Crippen MR) is 95.4 cm³/mol. The van der Waals surface area contributed by atoms with Gasteiger partial charge in [0.1, 0.15) is 0 Å². The molecule has 1 heterocycles. The number of nitrogens with one attached hydrogen (secondary N) is 1. The molecule has 2 rings (SSSR count). The van der Waals surface area contributed by atoms with Gasteiger partial charge in [-0.25, -0.2) is 0 Å². The zero-order valence-electron chi connectivity index (χ0n) is 14.6. The molecule has 132 valence electrons. The summed E-state index contributed by atoms with van der Waals surface area (Å²) >= 11 is 0. The van der Waals surface area contributed by atoms with E-state index in [1.165, 1.54) is 57.1 Å². The lowest BCUT2D eigenvalue weighted by atomic mass is 10.1. The molecule has 0 aromatic heterocycles. The highest BCUT2D eigenvalue weighted by atomic mass is 32.2. The van der Waals surface area contributed by atoms with Gasteiger partial charge in [-0.2, -0.15) is 8.42 Å². The molecule has 4 nitrogen and oxygen atoms in total. The molecule has 1 fully saturated rings. The first-order valence-corrected chi connectivity index (χ1v) is 10.1. The minimum Gasteiger partial charge on any atom is -0.311 e. The number of aryl methyl sites for hydroxylation is 1. The van der Waals surface area contributed by atoms with Gasteiger partial charge in [-0.15, -0.1) is 0 Å². The first-order valence-electron chi connectivity index (χ1n) is 8.67. The molecule has 2 unspecified atom stereocenters. The van der Waals surface area contributed by atoms with Crippen LogP contribution < -0.4 is 5.32 Å². The van der Waals surface area contributed by atoms with Crippen LogP contribution >= 0.6 is 0 Å². The van der Waals surface area contributed by atoms with Crippen LogP contribution in [0, 0.1) is 6.92 Å². The fourth-order valence-corrected chi connectivity index (χ4v) is 3.28. The monoisotopic (exact) mass is 341 g/mol. The third-order valence-electron chi connectivity index (χ3n) is 4.30. The highest BCUT2D eigenvalue weighted by molar-refractivity contribution is 7.85. The van der Waals surface area contributed by atoms with Gasteiger partial charge in [0.05, 0.1) is 4.90 Å². The first kappa shape index (κ1) is 20.1. The Hall–Kier alpha value is -0.910. The van der Waals surface area contributed by atoms with Crippen LogP contribution in [0.1, 0.15) is 64.4 Å². The number of hydrogen-bond donors (Lipinski definition) is 2. The minimum atomic E-state index is -4.02. The molecule has 0 amide bonds. The molecule has 0 spiro atoms. The van der Waals surface area contributed by atoms with E-state index in [9.17, 15) is 8.42 Å². The van der Waals surface area contributed by atoms with Crippen molar-refractivity contribution < 1.29 is 13.0 Å². The molecule has 1 aliphatic heterocycles. The van der Waals surface area contributed by atoms with Gasteiger partial charge in [0.2, 0.25) is 0 Å². The summed E-state index contributed by atoms with van der Waals surface area (Å²) in [7, 11) is -4.02. The lowest BCUT2D eigenvalue weighted by Crippen LogP contribution is -2.28. The molecule has 2 atom stereocenters. The third-order valence-corrected chi connectivity index (χ3v) is 5.17.